The van der Waals surface area contributed by atoms with Gasteiger partial charge in [-0.3, -0.25) is 4.79 Å². The van der Waals surface area contributed by atoms with Gasteiger partial charge in [-0.25, -0.2) is 17.7 Å². The van der Waals surface area contributed by atoms with Crippen LogP contribution in [0.1, 0.15) is 22.7 Å². The second-order valence-electron chi connectivity index (χ2n) is 6.56. The van der Waals surface area contributed by atoms with Crippen LogP contribution in [0.5, 0.6) is 0 Å². The molecule has 0 aliphatic carbocycles. The highest BCUT2D eigenvalue weighted by Crippen LogP contribution is 2.43. The SMILES string of the molecule is Cc1ncoc1C(=O)N1CC[C@H]2CN(S(C)(=O)=O)C[C@@]2(CO)C1. The lowest BCUT2D eigenvalue weighted by Gasteiger charge is -2.42. The summed E-state index contributed by atoms with van der Waals surface area (Å²) in [5, 5.41) is 9.92. The Hall–Kier alpha value is -1.45. The number of fused-ring (bicyclic) bond motifs is 1. The van der Waals surface area contributed by atoms with Crippen molar-refractivity contribution in [2.45, 2.75) is 13.3 Å². The Labute approximate surface area is 135 Å². The van der Waals surface area contributed by atoms with Crippen LogP contribution in [0.4, 0.5) is 0 Å². The number of likely N-dealkylation sites (tertiary alicyclic amines) is 1. The van der Waals surface area contributed by atoms with E-state index >= 15 is 0 Å². The van der Waals surface area contributed by atoms with Crippen LogP contribution < -0.4 is 0 Å². The Bertz CT molecular complexity index is 716. The quantitative estimate of drug-likeness (QED) is 0.808. The van der Waals surface area contributed by atoms with Gasteiger partial charge in [0.1, 0.15) is 0 Å². The largest absolute Gasteiger partial charge is 0.438 e. The molecular weight excluding hydrogens is 322 g/mol. The van der Waals surface area contributed by atoms with Crippen LogP contribution in [0, 0.1) is 18.3 Å². The number of sulfonamides is 1. The third-order valence-electron chi connectivity index (χ3n) is 5.05. The van der Waals surface area contributed by atoms with Gasteiger partial charge in [0.2, 0.25) is 15.8 Å². The Balaban J connectivity index is 1.83. The molecule has 9 heteroatoms. The first-order valence-corrected chi connectivity index (χ1v) is 9.37. The van der Waals surface area contributed by atoms with Crippen molar-refractivity contribution in [3.05, 3.63) is 17.8 Å². The van der Waals surface area contributed by atoms with Gasteiger partial charge in [0.15, 0.2) is 6.39 Å². The number of aliphatic hydroxyl groups excluding tert-OH is 1. The molecule has 2 atom stereocenters. The smallest absolute Gasteiger partial charge is 0.291 e. The van der Waals surface area contributed by atoms with Crippen molar-refractivity contribution >= 4 is 15.9 Å². The lowest BCUT2D eigenvalue weighted by molar-refractivity contribution is 0.0113. The van der Waals surface area contributed by atoms with Crippen LogP contribution in [-0.4, -0.2) is 72.7 Å². The number of carbonyl (C=O) groups excluding carboxylic acids is 1. The Morgan fingerprint density at radius 3 is 2.83 bits per heavy atom. The number of oxazole rings is 1. The highest BCUT2D eigenvalue weighted by Gasteiger charge is 2.52. The predicted molar refractivity (Wildman–Crippen MR) is 81.2 cm³/mol. The van der Waals surface area contributed by atoms with Gasteiger partial charge in [-0.1, -0.05) is 0 Å². The lowest BCUT2D eigenvalue weighted by atomic mass is 9.74. The molecule has 1 aromatic rings. The summed E-state index contributed by atoms with van der Waals surface area (Å²) in [6.45, 7) is 3.03. The number of carbonyl (C=O) groups is 1. The first-order valence-electron chi connectivity index (χ1n) is 7.52. The number of aromatic nitrogens is 1. The van der Waals surface area contributed by atoms with E-state index in [1.54, 1.807) is 11.8 Å². The van der Waals surface area contributed by atoms with Gasteiger partial charge in [0.25, 0.3) is 5.91 Å². The average molecular weight is 343 g/mol. The molecule has 0 bridgehead atoms. The predicted octanol–water partition coefficient (Wildman–Crippen LogP) is -0.301. The molecule has 23 heavy (non-hydrogen) atoms. The maximum absolute atomic E-state index is 12.6. The number of aliphatic hydroxyl groups is 1. The molecule has 8 nitrogen and oxygen atoms in total. The highest BCUT2D eigenvalue weighted by atomic mass is 32.2. The molecule has 0 saturated carbocycles. The number of rotatable bonds is 3. The first-order chi connectivity index (χ1) is 10.8. The van der Waals surface area contributed by atoms with E-state index in [1.807, 2.05) is 0 Å². The monoisotopic (exact) mass is 343 g/mol. The molecule has 0 radical (unpaired) electrons. The standard InChI is InChI=1S/C14H21N3O5S/c1-10-12(22-9-15-10)13(19)16-4-3-11-5-17(23(2,20)21)7-14(11,6-16)8-18/h9,11,18H,3-8H2,1-2H3/t11-,14+/m0/s1. The van der Waals surface area contributed by atoms with Crippen LogP contribution in [0.25, 0.3) is 0 Å². The third kappa shape index (κ3) is 2.77. The van der Waals surface area contributed by atoms with E-state index in [0.717, 1.165) is 0 Å². The van der Waals surface area contributed by atoms with Gasteiger partial charge in [0.05, 0.1) is 18.6 Å². The van der Waals surface area contributed by atoms with Gasteiger partial charge in [-0.2, -0.15) is 0 Å². The van der Waals surface area contributed by atoms with E-state index < -0.39 is 15.4 Å². The molecule has 3 heterocycles. The van der Waals surface area contributed by atoms with Gasteiger partial charge in [0, 0.05) is 31.6 Å². The van der Waals surface area contributed by atoms with E-state index in [9.17, 15) is 18.3 Å². The molecular formula is C14H21N3O5S. The van der Waals surface area contributed by atoms with Gasteiger partial charge in [-0.05, 0) is 19.3 Å². The molecule has 0 spiro atoms. The molecule has 0 unspecified atom stereocenters. The van der Waals surface area contributed by atoms with Gasteiger partial charge < -0.3 is 14.4 Å². The molecule has 1 aromatic heterocycles. The van der Waals surface area contributed by atoms with Gasteiger partial charge >= 0.3 is 0 Å². The second kappa shape index (κ2) is 5.57. The molecule has 1 amide bonds. The molecule has 1 N–H and O–H groups in total. The fourth-order valence-electron chi connectivity index (χ4n) is 3.64. The zero-order chi connectivity index (χ0) is 16.8. The minimum atomic E-state index is -3.31. The Morgan fingerprint density at radius 1 is 1.52 bits per heavy atom. The highest BCUT2D eigenvalue weighted by molar-refractivity contribution is 7.88. The van der Waals surface area contributed by atoms with Crippen LogP contribution >= 0.6 is 0 Å². The number of piperidine rings is 1. The number of aryl methyl sites for hydroxylation is 1. The van der Waals surface area contributed by atoms with Crippen LogP contribution in [0.15, 0.2) is 10.8 Å². The summed E-state index contributed by atoms with van der Waals surface area (Å²) < 4.78 is 30.2. The Kier molecular flexibility index (Phi) is 3.97. The van der Waals surface area contributed by atoms with Crippen LogP contribution in [0.2, 0.25) is 0 Å². The van der Waals surface area contributed by atoms with Crippen molar-refractivity contribution < 1.29 is 22.7 Å². The maximum Gasteiger partial charge on any atom is 0.291 e. The number of amides is 1. The molecule has 2 saturated heterocycles. The fraction of sp³-hybridized carbons (Fsp3) is 0.714. The maximum atomic E-state index is 12.6. The molecule has 2 fully saturated rings. The van der Waals surface area contributed by atoms with E-state index in [4.69, 9.17) is 4.42 Å². The summed E-state index contributed by atoms with van der Waals surface area (Å²) in [6.07, 6.45) is 3.07. The molecule has 0 aromatic carbocycles. The molecule has 3 rings (SSSR count). The number of nitrogens with zero attached hydrogens (tertiary/aromatic N) is 3. The third-order valence-corrected chi connectivity index (χ3v) is 6.26. The summed E-state index contributed by atoms with van der Waals surface area (Å²) in [5.41, 5.74) is -0.0791. The van der Waals surface area contributed by atoms with E-state index in [0.29, 0.717) is 31.7 Å². The summed E-state index contributed by atoms with van der Waals surface area (Å²) >= 11 is 0. The minimum absolute atomic E-state index is 0.0575. The van der Waals surface area contributed by atoms with Crippen molar-refractivity contribution in [3.8, 4) is 0 Å². The van der Waals surface area contributed by atoms with Crippen molar-refractivity contribution in [1.82, 2.24) is 14.2 Å². The summed E-state index contributed by atoms with van der Waals surface area (Å²) in [5.74, 6) is 0.000634. The topological polar surface area (TPSA) is 104 Å². The fourth-order valence-corrected chi connectivity index (χ4v) is 4.58. The average Bonchev–Trinajstić information content (AvgIpc) is 3.09. The Morgan fingerprint density at radius 2 is 2.26 bits per heavy atom. The molecule has 2 aliphatic rings. The minimum Gasteiger partial charge on any atom is -0.438 e. The van der Waals surface area contributed by atoms with E-state index in [1.165, 1.54) is 17.0 Å². The molecule has 128 valence electrons. The zero-order valence-electron chi connectivity index (χ0n) is 13.2. The molecule has 2 aliphatic heterocycles. The number of hydrogen-bond acceptors (Lipinski definition) is 6. The van der Waals surface area contributed by atoms with Crippen molar-refractivity contribution in [2.24, 2.45) is 11.3 Å². The summed E-state index contributed by atoms with van der Waals surface area (Å²) in [7, 11) is -3.31. The van der Waals surface area contributed by atoms with Gasteiger partial charge in [-0.15, -0.1) is 0 Å². The summed E-state index contributed by atoms with van der Waals surface area (Å²) in [4.78, 5) is 18.1. The second-order valence-corrected chi connectivity index (χ2v) is 8.54. The van der Waals surface area contributed by atoms with E-state index in [-0.39, 0.29) is 30.7 Å². The van der Waals surface area contributed by atoms with E-state index in [2.05, 4.69) is 4.98 Å². The first kappa shape index (κ1) is 16.4. The lowest BCUT2D eigenvalue weighted by Crippen LogP contribution is -2.52. The van der Waals surface area contributed by atoms with Crippen molar-refractivity contribution in [2.75, 3.05) is 39.0 Å². The van der Waals surface area contributed by atoms with Crippen molar-refractivity contribution in [3.63, 3.8) is 0 Å². The van der Waals surface area contributed by atoms with Crippen LogP contribution in [-0.2, 0) is 10.0 Å². The number of hydrogen-bond donors (Lipinski definition) is 1. The van der Waals surface area contributed by atoms with Crippen molar-refractivity contribution in [1.29, 1.82) is 0 Å². The zero-order valence-corrected chi connectivity index (χ0v) is 14.0. The van der Waals surface area contributed by atoms with Crippen LogP contribution in [0.3, 0.4) is 0 Å². The normalized spacial score (nSPS) is 28.8. The summed E-state index contributed by atoms with van der Waals surface area (Å²) in [6, 6.07) is 0.